The molecular formula is C22H28N4O4S. The largest absolute Gasteiger partial charge is 0.497 e. The van der Waals surface area contributed by atoms with Gasteiger partial charge in [0, 0.05) is 45.5 Å². The van der Waals surface area contributed by atoms with Gasteiger partial charge in [-0.15, -0.1) is 0 Å². The number of piperidine rings is 1. The minimum Gasteiger partial charge on any atom is -0.497 e. The summed E-state index contributed by atoms with van der Waals surface area (Å²) in [5, 5.41) is 0. The fraction of sp³-hybridized carbons (Fsp3) is 0.455. The van der Waals surface area contributed by atoms with Crippen LogP contribution in [0.15, 0.2) is 47.5 Å². The minimum atomic E-state index is -3.61. The normalized spacial score (nSPS) is 18.1. The van der Waals surface area contributed by atoms with Crippen molar-refractivity contribution in [2.75, 3.05) is 51.3 Å². The third-order valence-electron chi connectivity index (χ3n) is 5.90. The summed E-state index contributed by atoms with van der Waals surface area (Å²) in [6.45, 7) is 3.04. The van der Waals surface area contributed by atoms with Crippen molar-refractivity contribution in [3.05, 3.63) is 48.2 Å². The van der Waals surface area contributed by atoms with Gasteiger partial charge in [0.05, 0.1) is 17.6 Å². The Bertz CT molecular complexity index is 1010. The van der Waals surface area contributed by atoms with Crippen LogP contribution in [0, 0.1) is 0 Å². The second-order valence-electron chi connectivity index (χ2n) is 7.79. The smallest absolute Gasteiger partial charge is 0.257 e. The number of sulfonamides is 1. The van der Waals surface area contributed by atoms with Gasteiger partial charge in [-0.2, -0.15) is 4.31 Å². The quantitative estimate of drug-likeness (QED) is 0.703. The van der Waals surface area contributed by atoms with E-state index in [0.717, 1.165) is 31.7 Å². The first-order chi connectivity index (χ1) is 15.0. The molecule has 2 aliphatic heterocycles. The molecule has 0 aliphatic carbocycles. The van der Waals surface area contributed by atoms with Gasteiger partial charge in [-0.25, -0.2) is 13.4 Å². The van der Waals surface area contributed by atoms with Crippen LogP contribution in [0.2, 0.25) is 0 Å². The molecule has 0 unspecified atom stereocenters. The summed E-state index contributed by atoms with van der Waals surface area (Å²) in [6.07, 6.45) is 5.13. The molecule has 0 spiro atoms. The van der Waals surface area contributed by atoms with Gasteiger partial charge in [0.25, 0.3) is 5.91 Å². The summed E-state index contributed by atoms with van der Waals surface area (Å²) in [6, 6.07) is 9.97. The van der Waals surface area contributed by atoms with E-state index in [9.17, 15) is 13.2 Å². The van der Waals surface area contributed by atoms with Gasteiger partial charge in [0.15, 0.2) is 0 Å². The molecule has 8 nitrogen and oxygen atoms in total. The Morgan fingerprint density at radius 2 is 1.61 bits per heavy atom. The summed E-state index contributed by atoms with van der Waals surface area (Å²) < 4.78 is 32.5. The second kappa shape index (κ2) is 9.23. The maximum absolute atomic E-state index is 13.2. The highest BCUT2D eigenvalue weighted by atomic mass is 32.2. The molecule has 0 bridgehead atoms. The molecule has 3 heterocycles. The number of aromatic nitrogens is 1. The number of hydrogen-bond donors (Lipinski definition) is 0. The predicted octanol–water partition coefficient (Wildman–Crippen LogP) is 2.23. The van der Waals surface area contributed by atoms with Crippen LogP contribution in [0.5, 0.6) is 5.75 Å². The highest BCUT2D eigenvalue weighted by Crippen LogP contribution is 2.25. The van der Waals surface area contributed by atoms with E-state index in [4.69, 9.17) is 4.74 Å². The number of benzene rings is 1. The van der Waals surface area contributed by atoms with Crippen molar-refractivity contribution in [3.63, 3.8) is 0 Å². The van der Waals surface area contributed by atoms with Crippen molar-refractivity contribution >= 4 is 21.7 Å². The van der Waals surface area contributed by atoms with E-state index in [2.05, 4.69) is 9.88 Å². The molecule has 31 heavy (non-hydrogen) atoms. The molecule has 1 aromatic carbocycles. The number of carbonyl (C=O) groups is 1. The molecule has 2 aromatic rings. The predicted molar refractivity (Wildman–Crippen MR) is 118 cm³/mol. The Labute approximate surface area is 183 Å². The Kier molecular flexibility index (Phi) is 6.43. The van der Waals surface area contributed by atoms with Crippen molar-refractivity contribution in [2.24, 2.45) is 0 Å². The number of methoxy groups -OCH3 is 1. The van der Waals surface area contributed by atoms with Crippen LogP contribution < -0.4 is 9.64 Å². The monoisotopic (exact) mass is 444 g/mol. The molecule has 0 saturated carbocycles. The number of nitrogens with zero attached hydrogens (tertiary/aromatic N) is 4. The van der Waals surface area contributed by atoms with E-state index in [1.165, 1.54) is 10.7 Å². The maximum atomic E-state index is 13.2. The molecular weight excluding hydrogens is 416 g/mol. The summed E-state index contributed by atoms with van der Waals surface area (Å²) in [7, 11) is -2.07. The average molecular weight is 445 g/mol. The minimum absolute atomic E-state index is 0.0878. The molecule has 166 valence electrons. The van der Waals surface area contributed by atoms with Crippen molar-refractivity contribution in [3.8, 4) is 5.75 Å². The van der Waals surface area contributed by atoms with Gasteiger partial charge in [-0.1, -0.05) is 0 Å². The number of hydrogen-bond acceptors (Lipinski definition) is 6. The van der Waals surface area contributed by atoms with E-state index < -0.39 is 10.0 Å². The molecule has 0 radical (unpaired) electrons. The Morgan fingerprint density at radius 3 is 2.26 bits per heavy atom. The molecule has 2 fully saturated rings. The molecule has 0 N–H and O–H groups in total. The molecule has 4 rings (SSSR count). The number of carbonyl (C=O) groups excluding carboxylic acids is 1. The molecule has 1 amide bonds. The lowest BCUT2D eigenvalue weighted by Crippen LogP contribution is -2.50. The first-order valence-corrected chi connectivity index (χ1v) is 12.1. The zero-order chi connectivity index (χ0) is 21.8. The van der Waals surface area contributed by atoms with Crippen molar-refractivity contribution in [1.82, 2.24) is 14.2 Å². The SMILES string of the molecule is COc1ccc(S(=O)(=O)N2CCN(C(=O)c3cccnc3N3CCCCC3)CC2)cc1. The number of pyridine rings is 1. The number of amides is 1. The van der Waals surface area contributed by atoms with E-state index in [0.29, 0.717) is 24.4 Å². The van der Waals surface area contributed by atoms with E-state index in [1.54, 1.807) is 48.5 Å². The van der Waals surface area contributed by atoms with Gasteiger partial charge in [0.1, 0.15) is 11.6 Å². The van der Waals surface area contributed by atoms with Crippen LogP contribution in [0.1, 0.15) is 29.6 Å². The molecule has 0 atom stereocenters. The van der Waals surface area contributed by atoms with Gasteiger partial charge in [0.2, 0.25) is 10.0 Å². The van der Waals surface area contributed by atoms with E-state index in [1.807, 2.05) is 6.07 Å². The van der Waals surface area contributed by atoms with Crippen molar-refractivity contribution < 1.29 is 17.9 Å². The second-order valence-corrected chi connectivity index (χ2v) is 9.73. The van der Waals surface area contributed by atoms with Crippen LogP contribution in [0.3, 0.4) is 0 Å². The third kappa shape index (κ3) is 4.52. The summed E-state index contributed by atoms with van der Waals surface area (Å²) in [5.41, 5.74) is 0.593. The van der Waals surface area contributed by atoms with Crippen LogP contribution >= 0.6 is 0 Å². The number of piperazine rings is 1. The summed E-state index contributed by atoms with van der Waals surface area (Å²) >= 11 is 0. The fourth-order valence-corrected chi connectivity index (χ4v) is 5.54. The van der Waals surface area contributed by atoms with Gasteiger partial charge >= 0.3 is 0 Å². The molecule has 2 aliphatic rings. The Hall–Kier alpha value is -2.65. The first-order valence-electron chi connectivity index (χ1n) is 10.6. The van der Waals surface area contributed by atoms with Crippen LogP contribution in [-0.4, -0.2) is 74.9 Å². The van der Waals surface area contributed by atoms with Crippen molar-refractivity contribution in [1.29, 1.82) is 0 Å². The standard InChI is InChI=1S/C22H28N4O4S/c1-30-18-7-9-19(10-8-18)31(28,29)26-16-14-25(15-17-26)22(27)20-6-5-11-23-21(20)24-12-3-2-4-13-24/h5-11H,2-4,12-17H2,1H3. The molecule has 1 aromatic heterocycles. The van der Waals surface area contributed by atoms with Crippen LogP contribution in [0.4, 0.5) is 5.82 Å². The van der Waals surface area contributed by atoms with Gasteiger partial charge < -0.3 is 14.5 Å². The van der Waals surface area contributed by atoms with Gasteiger partial charge in [-0.05, 0) is 55.7 Å². The van der Waals surface area contributed by atoms with Crippen molar-refractivity contribution in [2.45, 2.75) is 24.2 Å². The lowest BCUT2D eigenvalue weighted by molar-refractivity contribution is 0.0698. The van der Waals surface area contributed by atoms with Crippen LogP contribution in [-0.2, 0) is 10.0 Å². The van der Waals surface area contributed by atoms with E-state index in [-0.39, 0.29) is 23.9 Å². The number of rotatable bonds is 5. The third-order valence-corrected chi connectivity index (χ3v) is 7.81. The lowest BCUT2D eigenvalue weighted by Gasteiger charge is -2.35. The highest BCUT2D eigenvalue weighted by molar-refractivity contribution is 7.89. The Morgan fingerprint density at radius 1 is 0.935 bits per heavy atom. The highest BCUT2D eigenvalue weighted by Gasteiger charge is 2.31. The zero-order valence-electron chi connectivity index (χ0n) is 17.7. The lowest BCUT2D eigenvalue weighted by atomic mass is 10.1. The van der Waals surface area contributed by atoms with Crippen LogP contribution in [0.25, 0.3) is 0 Å². The first kappa shape index (κ1) is 21.6. The topological polar surface area (TPSA) is 83.1 Å². The van der Waals surface area contributed by atoms with E-state index >= 15 is 0 Å². The summed E-state index contributed by atoms with van der Waals surface area (Å²) in [4.78, 5) is 21.9. The molecule has 9 heteroatoms. The molecule has 2 saturated heterocycles. The fourth-order valence-electron chi connectivity index (χ4n) is 4.12. The average Bonchev–Trinajstić information content (AvgIpc) is 2.84. The maximum Gasteiger partial charge on any atom is 0.257 e. The zero-order valence-corrected chi connectivity index (χ0v) is 18.6. The van der Waals surface area contributed by atoms with Gasteiger partial charge in [-0.3, -0.25) is 4.79 Å². The number of anilines is 1. The number of ether oxygens (including phenoxy) is 1. The summed E-state index contributed by atoms with van der Waals surface area (Å²) in [5.74, 6) is 1.26. The Balaban J connectivity index is 1.45.